The van der Waals surface area contributed by atoms with Crippen LogP contribution in [0.15, 0.2) is 28.8 Å². The molecule has 1 aliphatic heterocycles. The van der Waals surface area contributed by atoms with E-state index >= 15 is 0 Å². The zero-order valence-corrected chi connectivity index (χ0v) is 13.3. The van der Waals surface area contributed by atoms with Gasteiger partial charge in [0.05, 0.1) is 22.2 Å². The first-order valence-corrected chi connectivity index (χ1v) is 8.12. The maximum atomic E-state index is 12.3. The third-order valence-corrected chi connectivity index (χ3v) is 5.07. The number of carbonyl (C=O) groups excluding carboxylic acids is 1. The molecule has 0 radical (unpaired) electrons. The zero-order valence-electron chi connectivity index (χ0n) is 12.5. The lowest BCUT2D eigenvalue weighted by Crippen LogP contribution is -2.44. The van der Waals surface area contributed by atoms with Gasteiger partial charge < -0.3 is 15.2 Å². The summed E-state index contributed by atoms with van der Waals surface area (Å²) < 4.78 is 5.38. The second-order valence-corrected chi connectivity index (χ2v) is 6.73. The van der Waals surface area contributed by atoms with E-state index in [4.69, 9.17) is 21.9 Å². The van der Waals surface area contributed by atoms with Gasteiger partial charge in [-0.1, -0.05) is 28.9 Å². The molecule has 1 atom stereocenters. The van der Waals surface area contributed by atoms with E-state index in [0.717, 1.165) is 24.9 Å². The third-order valence-electron chi connectivity index (χ3n) is 4.75. The van der Waals surface area contributed by atoms with Crippen molar-refractivity contribution in [1.82, 2.24) is 10.1 Å². The second kappa shape index (κ2) is 5.32. The normalized spacial score (nSPS) is 23.1. The predicted molar refractivity (Wildman–Crippen MR) is 85.2 cm³/mol. The number of para-hydroxylation sites is 1. The van der Waals surface area contributed by atoms with Crippen LogP contribution in [0.25, 0.3) is 0 Å². The summed E-state index contributed by atoms with van der Waals surface area (Å²) in [4.78, 5) is 18.5. The Bertz CT molecular complexity index is 756. The van der Waals surface area contributed by atoms with Gasteiger partial charge in [0.25, 0.3) is 0 Å². The smallest absolute Gasteiger partial charge is 0.232 e. The van der Waals surface area contributed by atoms with E-state index in [1.54, 1.807) is 11.0 Å². The highest BCUT2D eigenvalue weighted by atomic mass is 35.5. The number of halogens is 1. The van der Waals surface area contributed by atoms with Crippen molar-refractivity contribution in [2.24, 2.45) is 5.73 Å². The zero-order chi connectivity index (χ0) is 16.0. The lowest BCUT2D eigenvalue weighted by molar-refractivity contribution is -0.117. The fourth-order valence-corrected chi connectivity index (χ4v) is 3.40. The highest BCUT2D eigenvalue weighted by molar-refractivity contribution is 6.33. The summed E-state index contributed by atoms with van der Waals surface area (Å²) in [5, 5.41) is 4.59. The molecular formula is C16H17ClN4O2. The largest absolute Gasteiger partial charge is 0.339 e. The average molecular weight is 333 g/mol. The van der Waals surface area contributed by atoms with E-state index < -0.39 is 5.54 Å². The average Bonchev–Trinajstić information content (AvgIpc) is 3.12. The number of hydrogen-bond donors (Lipinski definition) is 1. The van der Waals surface area contributed by atoms with Gasteiger partial charge in [-0.15, -0.1) is 0 Å². The molecule has 1 saturated heterocycles. The Labute approximate surface area is 138 Å². The first kappa shape index (κ1) is 14.7. The molecule has 2 aromatic rings. The highest BCUT2D eigenvalue weighted by Gasteiger charge is 2.41. The van der Waals surface area contributed by atoms with Crippen LogP contribution in [0, 0.1) is 0 Å². The molecule has 2 aliphatic rings. The third kappa shape index (κ3) is 2.42. The number of nitrogens with two attached hydrogens (primary N) is 1. The van der Waals surface area contributed by atoms with Gasteiger partial charge in [-0.05, 0) is 31.4 Å². The Balaban J connectivity index is 1.56. The number of hydrogen-bond acceptors (Lipinski definition) is 5. The summed E-state index contributed by atoms with van der Waals surface area (Å²) >= 11 is 6.19. The summed E-state index contributed by atoms with van der Waals surface area (Å²) in [5.41, 5.74) is 6.49. The van der Waals surface area contributed by atoms with Gasteiger partial charge in [-0.2, -0.15) is 4.98 Å². The van der Waals surface area contributed by atoms with Crippen molar-refractivity contribution < 1.29 is 9.32 Å². The molecule has 7 heteroatoms. The SMILES string of the molecule is NC1(c2noc(C3CC(=O)N(c4ccccc4Cl)C3)n2)CCC1. The van der Waals surface area contributed by atoms with E-state index in [-0.39, 0.29) is 11.8 Å². The Morgan fingerprint density at radius 3 is 2.83 bits per heavy atom. The van der Waals surface area contributed by atoms with Gasteiger partial charge in [-0.3, -0.25) is 4.79 Å². The molecule has 2 fully saturated rings. The van der Waals surface area contributed by atoms with Crippen molar-refractivity contribution >= 4 is 23.2 Å². The van der Waals surface area contributed by atoms with Crippen molar-refractivity contribution in [1.29, 1.82) is 0 Å². The number of benzene rings is 1. The van der Waals surface area contributed by atoms with Crippen molar-refractivity contribution in [3.63, 3.8) is 0 Å². The van der Waals surface area contributed by atoms with Gasteiger partial charge in [0, 0.05) is 13.0 Å². The van der Waals surface area contributed by atoms with Crippen LogP contribution in [0.5, 0.6) is 0 Å². The number of aromatic nitrogens is 2. The molecule has 1 amide bonds. The van der Waals surface area contributed by atoms with Crippen LogP contribution < -0.4 is 10.6 Å². The van der Waals surface area contributed by atoms with E-state index in [1.165, 1.54) is 0 Å². The molecule has 1 saturated carbocycles. The van der Waals surface area contributed by atoms with Gasteiger partial charge >= 0.3 is 0 Å². The van der Waals surface area contributed by atoms with Crippen molar-refractivity contribution in [3.05, 3.63) is 41.0 Å². The van der Waals surface area contributed by atoms with Crippen molar-refractivity contribution in [3.8, 4) is 0 Å². The van der Waals surface area contributed by atoms with Crippen LogP contribution in [-0.4, -0.2) is 22.6 Å². The monoisotopic (exact) mass is 332 g/mol. The molecule has 120 valence electrons. The minimum Gasteiger partial charge on any atom is -0.339 e. The van der Waals surface area contributed by atoms with Crippen molar-refractivity contribution in [2.75, 3.05) is 11.4 Å². The first-order chi connectivity index (χ1) is 11.1. The van der Waals surface area contributed by atoms with Crippen LogP contribution in [0.2, 0.25) is 5.02 Å². The Morgan fingerprint density at radius 2 is 2.13 bits per heavy atom. The molecule has 0 spiro atoms. The summed E-state index contributed by atoms with van der Waals surface area (Å²) in [6.07, 6.45) is 3.18. The molecule has 1 aliphatic carbocycles. The molecular weight excluding hydrogens is 316 g/mol. The molecule has 1 unspecified atom stereocenters. The van der Waals surface area contributed by atoms with Crippen LogP contribution in [-0.2, 0) is 10.3 Å². The maximum absolute atomic E-state index is 12.3. The van der Waals surface area contributed by atoms with Gasteiger partial charge in [0.15, 0.2) is 5.82 Å². The van der Waals surface area contributed by atoms with Gasteiger partial charge in [0.2, 0.25) is 11.8 Å². The highest BCUT2D eigenvalue weighted by Crippen LogP contribution is 2.39. The molecule has 1 aromatic heterocycles. The fourth-order valence-electron chi connectivity index (χ4n) is 3.16. The maximum Gasteiger partial charge on any atom is 0.232 e. The Kier molecular flexibility index (Phi) is 3.39. The molecule has 2 heterocycles. The standard InChI is InChI=1S/C16H17ClN4O2/c17-11-4-1-2-5-12(11)21-9-10(8-13(21)22)14-19-15(20-23-14)16(18)6-3-7-16/h1-2,4-5,10H,3,6-9,18H2. The Morgan fingerprint density at radius 1 is 1.35 bits per heavy atom. The summed E-state index contributed by atoms with van der Waals surface area (Å²) in [7, 11) is 0. The van der Waals surface area contributed by atoms with E-state index in [1.807, 2.05) is 18.2 Å². The molecule has 6 nitrogen and oxygen atoms in total. The van der Waals surface area contributed by atoms with Gasteiger partial charge in [0.1, 0.15) is 0 Å². The fraction of sp³-hybridized carbons (Fsp3) is 0.438. The predicted octanol–water partition coefficient (Wildman–Crippen LogP) is 2.58. The minimum atomic E-state index is -0.452. The van der Waals surface area contributed by atoms with E-state index in [9.17, 15) is 4.79 Å². The summed E-state index contributed by atoms with van der Waals surface area (Å²) in [5.74, 6) is 0.930. The second-order valence-electron chi connectivity index (χ2n) is 6.32. The molecule has 1 aromatic carbocycles. The molecule has 23 heavy (non-hydrogen) atoms. The van der Waals surface area contributed by atoms with Crippen LogP contribution in [0.3, 0.4) is 0 Å². The number of carbonyl (C=O) groups is 1. The Hall–Kier alpha value is -1.92. The molecule has 2 N–H and O–H groups in total. The number of anilines is 1. The number of nitrogens with zero attached hydrogens (tertiary/aromatic N) is 3. The quantitative estimate of drug-likeness (QED) is 0.933. The lowest BCUT2D eigenvalue weighted by Gasteiger charge is -2.34. The molecule has 4 rings (SSSR count). The van der Waals surface area contributed by atoms with Crippen molar-refractivity contribution in [2.45, 2.75) is 37.1 Å². The number of rotatable bonds is 3. The van der Waals surface area contributed by atoms with Gasteiger partial charge in [-0.25, -0.2) is 0 Å². The number of amides is 1. The van der Waals surface area contributed by atoms with Crippen LogP contribution in [0.1, 0.15) is 43.3 Å². The van der Waals surface area contributed by atoms with Crippen LogP contribution >= 0.6 is 11.6 Å². The van der Waals surface area contributed by atoms with E-state index in [0.29, 0.717) is 29.7 Å². The van der Waals surface area contributed by atoms with E-state index in [2.05, 4.69) is 10.1 Å². The summed E-state index contributed by atoms with van der Waals surface area (Å²) in [6, 6.07) is 7.32. The molecule has 0 bridgehead atoms. The first-order valence-electron chi connectivity index (χ1n) is 7.75. The minimum absolute atomic E-state index is 0.00829. The van der Waals surface area contributed by atoms with Crippen LogP contribution in [0.4, 0.5) is 5.69 Å². The lowest BCUT2D eigenvalue weighted by atomic mass is 9.77. The summed E-state index contributed by atoms with van der Waals surface area (Å²) in [6.45, 7) is 0.488. The topological polar surface area (TPSA) is 85.2 Å².